The Morgan fingerprint density at radius 1 is 1.04 bits per heavy atom. The Morgan fingerprint density at radius 3 is 2.48 bits per heavy atom. The number of halogens is 1. The third-order valence-corrected chi connectivity index (χ3v) is 5.41. The monoisotopic (exact) mass is 401 g/mol. The summed E-state index contributed by atoms with van der Waals surface area (Å²) in [7, 11) is -3.73. The molecule has 6 nitrogen and oxygen atoms in total. The molecule has 0 aliphatic rings. The summed E-state index contributed by atoms with van der Waals surface area (Å²) >= 11 is 6.17. The van der Waals surface area contributed by atoms with Crippen molar-refractivity contribution in [1.82, 2.24) is 10.3 Å². The molecule has 2 aromatic carbocycles. The number of benzene rings is 2. The summed E-state index contributed by atoms with van der Waals surface area (Å²) in [5.74, 6) is -0.360. The zero-order valence-corrected chi connectivity index (χ0v) is 15.7. The zero-order chi connectivity index (χ0) is 19.3. The second-order valence-electron chi connectivity index (χ2n) is 5.66. The van der Waals surface area contributed by atoms with Gasteiger partial charge in [-0.1, -0.05) is 35.9 Å². The minimum atomic E-state index is -3.73. The van der Waals surface area contributed by atoms with Crippen molar-refractivity contribution in [3.05, 3.63) is 89.2 Å². The van der Waals surface area contributed by atoms with Crippen molar-refractivity contribution in [1.29, 1.82) is 0 Å². The van der Waals surface area contributed by atoms with Gasteiger partial charge in [0.1, 0.15) is 0 Å². The largest absolute Gasteiger partial charge is 0.348 e. The van der Waals surface area contributed by atoms with Crippen LogP contribution in [0.25, 0.3) is 0 Å². The molecule has 0 fully saturated rings. The van der Waals surface area contributed by atoms with Crippen LogP contribution in [0, 0.1) is 0 Å². The fourth-order valence-electron chi connectivity index (χ4n) is 2.36. The lowest BCUT2D eigenvalue weighted by Crippen LogP contribution is -2.23. The summed E-state index contributed by atoms with van der Waals surface area (Å²) in [6.07, 6.45) is 3.31. The van der Waals surface area contributed by atoms with Gasteiger partial charge in [-0.15, -0.1) is 0 Å². The van der Waals surface area contributed by atoms with Crippen molar-refractivity contribution in [3.8, 4) is 0 Å². The van der Waals surface area contributed by atoms with Gasteiger partial charge in [-0.2, -0.15) is 0 Å². The van der Waals surface area contributed by atoms with Crippen molar-refractivity contribution in [3.63, 3.8) is 0 Å². The first-order valence-corrected chi connectivity index (χ1v) is 9.86. The maximum absolute atomic E-state index is 12.4. The highest BCUT2D eigenvalue weighted by Crippen LogP contribution is 2.23. The van der Waals surface area contributed by atoms with E-state index in [2.05, 4.69) is 15.0 Å². The summed E-state index contributed by atoms with van der Waals surface area (Å²) in [5, 5.41) is 2.89. The number of anilines is 1. The number of hydrogen-bond acceptors (Lipinski definition) is 4. The van der Waals surface area contributed by atoms with E-state index in [0.29, 0.717) is 6.54 Å². The first-order valence-electron chi connectivity index (χ1n) is 8.00. The highest BCUT2D eigenvalue weighted by atomic mass is 35.5. The van der Waals surface area contributed by atoms with E-state index in [0.717, 1.165) is 5.56 Å². The molecule has 1 heterocycles. The predicted molar refractivity (Wildman–Crippen MR) is 104 cm³/mol. The smallest absolute Gasteiger partial charge is 0.261 e. The zero-order valence-electron chi connectivity index (χ0n) is 14.1. The molecule has 0 aliphatic heterocycles. The Kier molecular flexibility index (Phi) is 5.73. The number of carbonyl (C=O) groups is 1. The summed E-state index contributed by atoms with van der Waals surface area (Å²) in [6.45, 7) is 0.311. The van der Waals surface area contributed by atoms with Crippen LogP contribution in [0.15, 0.2) is 78.0 Å². The van der Waals surface area contributed by atoms with Crippen molar-refractivity contribution in [2.45, 2.75) is 11.4 Å². The molecule has 3 aromatic rings. The Labute approximate surface area is 162 Å². The van der Waals surface area contributed by atoms with Gasteiger partial charge in [0.2, 0.25) is 0 Å². The van der Waals surface area contributed by atoms with E-state index >= 15 is 0 Å². The Balaban J connectivity index is 1.71. The van der Waals surface area contributed by atoms with E-state index in [9.17, 15) is 13.2 Å². The van der Waals surface area contributed by atoms with E-state index < -0.39 is 10.0 Å². The van der Waals surface area contributed by atoms with Gasteiger partial charge in [0.05, 0.1) is 21.2 Å². The van der Waals surface area contributed by atoms with Crippen LogP contribution in [0.3, 0.4) is 0 Å². The average Bonchev–Trinajstić information content (AvgIpc) is 2.67. The van der Waals surface area contributed by atoms with Gasteiger partial charge < -0.3 is 5.32 Å². The normalized spacial score (nSPS) is 11.0. The molecule has 27 heavy (non-hydrogen) atoms. The van der Waals surface area contributed by atoms with Gasteiger partial charge in [0, 0.05) is 18.9 Å². The van der Waals surface area contributed by atoms with E-state index in [1.54, 1.807) is 36.7 Å². The molecule has 0 spiro atoms. The molecule has 0 saturated carbocycles. The fraction of sp³-hybridized carbons (Fsp3) is 0.0526. The molecular formula is C19H16ClN3O3S. The molecule has 0 aliphatic carbocycles. The first-order chi connectivity index (χ1) is 13.0. The van der Waals surface area contributed by atoms with Crippen molar-refractivity contribution < 1.29 is 13.2 Å². The lowest BCUT2D eigenvalue weighted by Gasteiger charge is -2.11. The third kappa shape index (κ3) is 4.84. The number of amides is 1. The van der Waals surface area contributed by atoms with E-state index in [-0.39, 0.29) is 27.1 Å². The summed E-state index contributed by atoms with van der Waals surface area (Å²) in [4.78, 5) is 16.4. The average molecular weight is 402 g/mol. The van der Waals surface area contributed by atoms with Crippen LogP contribution in [0.2, 0.25) is 5.02 Å². The second kappa shape index (κ2) is 8.20. The number of hydrogen-bond donors (Lipinski definition) is 2. The summed E-state index contributed by atoms with van der Waals surface area (Å²) in [6, 6.07) is 16.0. The highest BCUT2D eigenvalue weighted by Gasteiger charge is 2.16. The molecule has 1 amide bonds. The van der Waals surface area contributed by atoms with Gasteiger partial charge >= 0.3 is 0 Å². The molecule has 0 bridgehead atoms. The van der Waals surface area contributed by atoms with E-state index in [1.165, 1.54) is 30.3 Å². The molecule has 0 unspecified atom stereocenters. The number of pyridine rings is 1. The lowest BCUT2D eigenvalue weighted by atomic mass is 10.2. The van der Waals surface area contributed by atoms with Crippen LogP contribution in [0.5, 0.6) is 0 Å². The number of sulfonamides is 1. The Morgan fingerprint density at radius 2 is 1.81 bits per heavy atom. The van der Waals surface area contributed by atoms with Crippen molar-refractivity contribution in [2.75, 3.05) is 4.72 Å². The summed E-state index contributed by atoms with van der Waals surface area (Å²) < 4.78 is 27.2. The van der Waals surface area contributed by atoms with Crippen LogP contribution >= 0.6 is 11.6 Å². The Hall–Kier alpha value is -2.90. The molecular weight excluding hydrogens is 386 g/mol. The van der Waals surface area contributed by atoms with Crippen LogP contribution in [-0.4, -0.2) is 19.3 Å². The standard InChI is InChI=1S/C19H16ClN3O3S/c20-18-11-15(23-27(25,26)16-6-2-1-3-7-16)8-9-17(18)19(24)22-13-14-5-4-10-21-12-14/h1-12,23H,13H2,(H,22,24). The second-order valence-corrected chi connectivity index (χ2v) is 7.75. The van der Waals surface area contributed by atoms with Gasteiger partial charge in [-0.05, 0) is 42.0 Å². The first kappa shape index (κ1) is 18.9. The third-order valence-electron chi connectivity index (χ3n) is 3.70. The van der Waals surface area contributed by atoms with Crippen LogP contribution in [0.1, 0.15) is 15.9 Å². The van der Waals surface area contributed by atoms with E-state index in [1.807, 2.05) is 6.07 Å². The predicted octanol–water partition coefficient (Wildman–Crippen LogP) is 3.47. The lowest BCUT2D eigenvalue weighted by molar-refractivity contribution is 0.0951. The molecule has 8 heteroatoms. The van der Waals surface area contributed by atoms with Crippen molar-refractivity contribution >= 4 is 33.2 Å². The SMILES string of the molecule is O=C(NCc1cccnc1)c1ccc(NS(=O)(=O)c2ccccc2)cc1Cl. The molecule has 138 valence electrons. The summed E-state index contributed by atoms with van der Waals surface area (Å²) in [5.41, 5.74) is 1.38. The molecule has 1 aromatic heterocycles. The fourth-order valence-corrected chi connectivity index (χ4v) is 3.69. The van der Waals surface area contributed by atoms with Crippen LogP contribution in [-0.2, 0) is 16.6 Å². The highest BCUT2D eigenvalue weighted by molar-refractivity contribution is 7.92. The topological polar surface area (TPSA) is 88.2 Å². The minimum absolute atomic E-state index is 0.138. The van der Waals surface area contributed by atoms with Crippen molar-refractivity contribution in [2.24, 2.45) is 0 Å². The Bertz CT molecular complexity index is 1040. The van der Waals surface area contributed by atoms with E-state index in [4.69, 9.17) is 11.6 Å². The number of nitrogens with zero attached hydrogens (tertiary/aromatic N) is 1. The number of rotatable bonds is 6. The van der Waals surface area contributed by atoms with Gasteiger partial charge in [-0.25, -0.2) is 8.42 Å². The molecule has 3 rings (SSSR count). The maximum atomic E-state index is 12.4. The van der Waals surface area contributed by atoms with Gasteiger partial charge in [0.25, 0.3) is 15.9 Å². The molecule has 0 saturated heterocycles. The van der Waals surface area contributed by atoms with Gasteiger partial charge in [-0.3, -0.25) is 14.5 Å². The maximum Gasteiger partial charge on any atom is 0.261 e. The molecule has 2 N–H and O–H groups in total. The number of aromatic nitrogens is 1. The number of carbonyl (C=O) groups excluding carboxylic acids is 1. The van der Waals surface area contributed by atoms with Crippen LogP contribution in [0.4, 0.5) is 5.69 Å². The molecule has 0 radical (unpaired) electrons. The molecule has 0 atom stereocenters. The van der Waals surface area contributed by atoms with Gasteiger partial charge in [0.15, 0.2) is 0 Å². The number of nitrogens with one attached hydrogen (secondary N) is 2. The minimum Gasteiger partial charge on any atom is -0.348 e. The van der Waals surface area contributed by atoms with Crippen LogP contribution < -0.4 is 10.0 Å². The quantitative estimate of drug-likeness (QED) is 0.662.